The highest BCUT2D eigenvalue weighted by atomic mass is 16.5. The van der Waals surface area contributed by atoms with Crippen molar-refractivity contribution in [1.29, 1.82) is 0 Å². The van der Waals surface area contributed by atoms with E-state index in [0.29, 0.717) is 6.54 Å². The van der Waals surface area contributed by atoms with Crippen LogP contribution in [0.3, 0.4) is 0 Å². The number of nitrogens with zero attached hydrogens (tertiary/aromatic N) is 2. The van der Waals surface area contributed by atoms with Crippen LogP contribution in [0.4, 0.5) is 0 Å². The minimum Gasteiger partial charge on any atom is -0.496 e. The third-order valence-corrected chi connectivity index (χ3v) is 3.16. The normalized spacial score (nSPS) is 10.6. The van der Waals surface area contributed by atoms with Gasteiger partial charge in [0.15, 0.2) is 0 Å². The zero-order valence-electron chi connectivity index (χ0n) is 11.7. The number of nitrogens with two attached hydrogens (primary N) is 1. The Labute approximate surface area is 112 Å². The molecule has 102 valence electrons. The van der Waals surface area contributed by atoms with Crippen LogP contribution in [0.2, 0.25) is 0 Å². The number of aryl methyl sites for hydroxylation is 1. The third-order valence-electron chi connectivity index (χ3n) is 3.16. The maximum atomic E-state index is 5.77. The highest BCUT2D eigenvalue weighted by Crippen LogP contribution is 2.38. The van der Waals surface area contributed by atoms with Gasteiger partial charge in [-0.2, -0.15) is 5.10 Å². The van der Waals surface area contributed by atoms with Crippen molar-refractivity contribution < 1.29 is 9.47 Å². The quantitative estimate of drug-likeness (QED) is 0.912. The predicted octanol–water partition coefficient (Wildman–Crippen LogP) is 1.87. The summed E-state index contributed by atoms with van der Waals surface area (Å²) in [6, 6.07) is 3.87. The van der Waals surface area contributed by atoms with Crippen molar-refractivity contribution in [2.45, 2.75) is 13.5 Å². The van der Waals surface area contributed by atoms with Gasteiger partial charge in [0.25, 0.3) is 0 Å². The van der Waals surface area contributed by atoms with Gasteiger partial charge in [-0.05, 0) is 19.1 Å². The molecule has 1 aromatic carbocycles. The van der Waals surface area contributed by atoms with E-state index < -0.39 is 0 Å². The summed E-state index contributed by atoms with van der Waals surface area (Å²) in [6.07, 6.45) is 1.92. The zero-order chi connectivity index (χ0) is 14.0. The van der Waals surface area contributed by atoms with Crippen LogP contribution >= 0.6 is 0 Å². The van der Waals surface area contributed by atoms with Gasteiger partial charge in [-0.25, -0.2) is 0 Å². The highest BCUT2D eigenvalue weighted by molar-refractivity contribution is 5.73. The molecule has 0 aliphatic carbocycles. The van der Waals surface area contributed by atoms with Crippen molar-refractivity contribution in [3.05, 3.63) is 29.5 Å². The van der Waals surface area contributed by atoms with E-state index in [-0.39, 0.29) is 0 Å². The Bertz CT molecular complexity index is 591. The molecule has 0 atom stereocenters. The average Bonchev–Trinajstić information content (AvgIpc) is 2.79. The van der Waals surface area contributed by atoms with Gasteiger partial charge in [-0.15, -0.1) is 0 Å². The number of hydrogen-bond donors (Lipinski definition) is 1. The number of aromatic nitrogens is 2. The Morgan fingerprint density at radius 1 is 1.26 bits per heavy atom. The first kappa shape index (κ1) is 13.4. The zero-order valence-corrected chi connectivity index (χ0v) is 11.7. The van der Waals surface area contributed by atoms with Crippen molar-refractivity contribution in [2.24, 2.45) is 12.8 Å². The largest absolute Gasteiger partial charge is 0.496 e. The van der Waals surface area contributed by atoms with E-state index in [2.05, 4.69) is 5.10 Å². The average molecular weight is 261 g/mol. The van der Waals surface area contributed by atoms with Crippen molar-refractivity contribution in [1.82, 2.24) is 9.78 Å². The molecule has 1 heterocycles. The fourth-order valence-electron chi connectivity index (χ4n) is 2.26. The first-order valence-electron chi connectivity index (χ1n) is 6.06. The van der Waals surface area contributed by atoms with Crippen molar-refractivity contribution in [3.8, 4) is 22.8 Å². The fraction of sp³-hybridized carbons (Fsp3) is 0.357. The van der Waals surface area contributed by atoms with E-state index in [1.807, 2.05) is 32.3 Å². The topological polar surface area (TPSA) is 62.3 Å². The molecule has 2 N–H and O–H groups in total. The molecule has 2 rings (SSSR count). The Hall–Kier alpha value is -2.01. The summed E-state index contributed by atoms with van der Waals surface area (Å²) in [5, 5.41) is 4.47. The second-order valence-corrected chi connectivity index (χ2v) is 4.35. The van der Waals surface area contributed by atoms with Crippen LogP contribution in [0.15, 0.2) is 18.3 Å². The summed E-state index contributed by atoms with van der Waals surface area (Å²) in [5.74, 6) is 1.57. The van der Waals surface area contributed by atoms with E-state index >= 15 is 0 Å². The summed E-state index contributed by atoms with van der Waals surface area (Å²) in [6.45, 7) is 2.41. The molecule has 0 spiro atoms. The second kappa shape index (κ2) is 5.32. The standard InChI is InChI=1S/C14H19N3O2/c1-9-12(18-3)6-5-11(14(9)19-4)13-10(7-15)8-17(2)16-13/h5-6,8H,7,15H2,1-4H3. The summed E-state index contributed by atoms with van der Waals surface area (Å²) in [7, 11) is 5.18. The molecule has 0 aliphatic rings. The van der Waals surface area contributed by atoms with Gasteiger partial charge in [-0.1, -0.05) is 0 Å². The predicted molar refractivity (Wildman–Crippen MR) is 74.4 cm³/mol. The van der Waals surface area contributed by atoms with E-state index in [4.69, 9.17) is 15.2 Å². The van der Waals surface area contributed by atoms with E-state index in [1.165, 1.54) is 0 Å². The molecule has 0 bridgehead atoms. The molecule has 0 unspecified atom stereocenters. The fourth-order valence-corrected chi connectivity index (χ4v) is 2.26. The van der Waals surface area contributed by atoms with Crippen LogP contribution in [0.5, 0.6) is 11.5 Å². The maximum absolute atomic E-state index is 5.77. The molecule has 5 heteroatoms. The van der Waals surface area contributed by atoms with Crippen LogP contribution in [0, 0.1) is 6.92 Å². The van der Waals surface area contributed by atoms with Crippen LogP contribution in [-0.4, -0.2) is 24.0 Å². The van der Waals surface area contributed by atoms with Crippen LogP contribution in [0.25, 0.3) is 11.3 Å². The number of benzene rings is 1. The molecular formula is C14H19N3O2. The van der Waals surface area contributed by atoms with Gasteiger partial charge in [0.05, 0.1) is 14.2 Å². The Balaban J connectivity index is 2.65. The molecule has 5 nitrogen and oxygen atoms in total. The van der Waals surface area contributed by atoms with E-state index in [9.17, 15) is 0 Å². The van der Waals surface area contributed by atoms with Crippen molar-refractivity contribution >= 4 is 0 Å². The molecule has 0 fully saturated rings. The molecule has 0 aliphatic heterocycles. The smallest absolute Gasteiger partial charge is 0.134 e. The van der Waals surface area contributed by atoms with Gasteiger partial charge < -0.3 is 15.2 Å². The van der Waals surface area contributed by atoms with Gasteiger partial charge in [0.1, 0.15) is 17.2 Å². The lowest BCUT2D eigenvalue weighted by Crippen LogP contribution is -1.99. The molecule has 19 heavy (non-hydrogen) atoms. The Morgan fingerprint density at radius 2 is 2.00 bits per heavy atom. The molecule has 0 radical (unpaired) electrons. The van der Waals surface area contributed by atoms with Gasteiger partial charge in [-0.3, -0.25) is 4.68 Å². The van der Waals surface area contributed by atoms with E-state index in [1.54, 1.807) is 18.9 Å². The molecular weight excluding hydrogens is 242 g/mol. The molecule has 0 amide bonds. The molecule has 0 saturated carbocycles. The Kier molecular flexibility index (Phi) is 3.76. The summed E-state index contributed by atoms with van der Waals surface area (Å²) in [4.78, 5) is 0. The second-order valence-electron chi connectivity index (χ2n) is 4.35. The highest BCUT2D eigenvalue weighted by Gasteiger charge is 2.17. The number of hydrogen-bond acceptors (Lipinski definition) is 4. The lowest BCUT2D eigenvalue weighted by atomic mass is 10.0. The Morgan fingerprint density at radius 3 is 2.58 bits per heavy atom. The minimum absolute atomic E-state index is 0.442. The van der Waals surface area contributed by atoms with Crippen molar-refractivity contribution in [2.75, 3.05) is 14.2 Å². The molecule has 1 aromatic heterocycles. The summed E-state index contributed by atoms with van der Waals surface area (Å²) < 4.78 is 12.6. The van der Waals surface area contributed by atoms with Gasteiger partial charge in [0.2, 0.25) is 0 Å². The van der Waals surface area contributed by atoms with Crippen LogP contribution in [-0.2, 0) is 13.6 Å². The molecule has 2 aromatic rings. The summed E-state index contributed by atoms with van der Waals surface area (Å²) in [5.41, 5.74) is 9.50. The van der Waals surface area contributed by atoms with Crippen LogP contribution in [0.1, 0.15) is 11.1 Å². The number of methoxy groups -OCH3 is 2. The van der Waals surface area contributed by atoms with Crippen LogP contribution < -0.4 is 15.2 Å². The lowest BCUT2D eigenvalue weighted by molar-refractivity contribution is 0.390. The lowest BCUT2D eigenvalue weighted by Gasteiger charge is -2.14. The van der Waals surface area contributed by atoms with Gasteiger partial charge >= 0.3 is 0 Å². The SMILES string of the molecule is COc1ccc(-c2nn(C)cc2CN)c(OC)c1C. The minimum atomic E-state index is 0.442. The number of rotatable bonds is 4. The summed E-state index contributed by atoms with van der Waals surface area (Å²) >= 11 is 0. The van der Waals surface area contributed by atoms with Gasteiger partial charge in [0, 0.05) is 36.5 Å². The molecule has 0 saturated heterocycles. The first-order valence-corrected chi connectivity index (χ1v) is 6.06. The van der Waals surface area contributed by atoms with Crippen molar-refractivity contribution in [3.63, 3.8) is 0 Å². The third kappa shape index (κ3) is 2.29. The first-order chi connectivity index (χ1) is 9.12. The number of ether oxygens (including phenoxy) is 2. The monoisotopic (exact) mass is 261 g/mol. The van der Waals surface area contributed by atoms with E-state index in [0.717, 1.165) is 33.9 Å². The maximum Gasteiger partial charge on any atom is 0.134 e.